The van der Waals surface area contributed by atoms with E-state index in [4.69, 9.17) is 17.3 Å². The molecule has 0 aliphatic heterocycles. The van der Waals surface area contributed by atoms with Crippen molar-refractivity contribution in [1.82, 2.24) is 9.97 Å². The highest BCUT2D eigenvalue weighted by Gasteiger charge is 2.06. The zero-order valence-corrected chi connectivity index (χ0v) is 7.80. The summed E-state index contributed by atoms with van der Waals surface area (Å²) in [6.45, 7) is 0.623. The minimum Gasteiger partial charge on any atom is -0.346 e. The largest absolute Gasteiger partial charge is 0.346 e. The lowest BCUT2D eigenvalue weighted by Gasteiger charge is -1.96. The number of rotatable bonds is 2. The number of fused-ring (bicyclic) bond motifs is 1. The molecule has 0 radical (unpaired) electrons. The molecule has 3 nitrogen and oxygen atoms in total. The maximum atomic E-state index is 6.04. The van der Waals surface area contributed by atoms with Crippen molar-refractivity contribution in [3.8, 4) is 0 Å². The maximum absolute atomic E-state index is 6.04. The number of aromatic nitrogens is 2. The van der Waals surface area contributed by atoms with Gasteiger partial charge in [0.25, 0.3) is 0 Å². The topological polar surface area (TPSA) is 54.7 Å². The molecule has 2 heterocycles. The van der Waals surface area contributed by atoms with Gasteiger partial charge in [-0.15, -0.1) is 0 Å². The number of halogens is 1. The third-order valence-electron chi connectivity index (χ3n) is 2.02. The van der Waals surface area contributed by atoms with Gasteiger partial charge in [-0.2, -0.15) is 0 Å². The van der Waals surface area contributed by atoms with E-state index in [1.54, 1.807) is 12.3 Å². The van der Waals surface area contributed by atoms with Crippen LogP contribution in [0.3, 0.4) is 0 Å². The lowest BCUT2D eigenvalue weighted by Crippen LogP contribution is -2.01. The van der Waals surface area contributed by atoms with Crippen LogP contribution in [0.5, 0.6) is 0 Å². The van der Waals surface area contributed by atoms with E-state index in [9.17, 15) is 0 Å². The standard InChI is InChI=1S/C9H10ClN3/c10-7-2-4-12-9-8(7)6(1-3-11)5-13-9/h2,4-5H,1,3,11H2,(H,12,13). The van der Waals surface area contributed by atoms with Crippen molar-refractivity contribution in [3.63, 3.8) is 0 Å². The van der Waals surface area contributed by atoms with Gasteiger partial charge < -0.3 is 10.7 Å². The fraction of sp³-hybridized carbons (Fsp3) is 0.222. The van der Waals surface area contributed by atoms with E-state index in [0.717, 1.165) is 28.0 Å². The van der Waals surface area contributed by atoms with Crippen molar-refractivity contribution in [2.45, 2.75) is 6.42 Å². The summed E-state index contributed by atoms with van der Waals surface area (Å²) in [5.74, 6) is 0. The van der Waals surface area contributed by atoms with Crippen molar-refractivity contribution in [3.05, 3.63) is 29.0 Å². The van der Waals surface area contributed by atoms with Crippen LogP contribution < -0.4 is 5.73 Å². The molecule has 0 atom stereocenters. The molecule has 0 unspecified atom stereocenters. The summed E-state index contributed by atoms with van der Waals surface area (Å²) in [4.78, 5) is 7.23. The second-order valence-corrected chi connectivity index (χ2v) is 3.28. The molecule has 0 aliphatic rings. The molecule has 2 aromatic rings. The second kappa shape index (κ2) is 3.36. The molecule has 2 rings (SSSR count). The van der Waals surface area contributed by atoms with Crippen LogP contribution in [0, 0.1) is 0 Å². The maximum Gasteiger partial charge on any atom is 0.139 e. The van der Waals surface area contributed by atoms with E-state index in [1.165, 1.54) is 0 Å². The summed E-state index contributed by atoms with van der Waals surface area (Å²) < 4.78 is 0. The normalized spacial score (nSPS) is 10.9. The summed E-state index contributed by atoms with van der Waals surface area (Å²) in [5, 5.41) is 1.73. The van der Waals surface area contributed by atoms with Crippen LogP contribution in [0.25, 0.3) is 11.0 Å². The first-order valence-corrected chi connectivity index (χ1v) is 4.51. The summed E-state index contributed by atoms with van der Waals surface area (Å²) in [6.07, 6.45) is 4.43. The predicted molar refractivity (Wildman–Crippen MR) is 53.9 cm³/mol. The molecule has 0 saturated heterocycles. The fourth-order valence-corrected chi connectivity index (χ4v) is 1.70. The predicted octanol–water partition coefficient (Wildman–Crippen LogP) is 1.72. The first kappa shape index (κ1) is 8.53. The Morgan fingerprint density at radius 1 is 1.54 bits per heavy atom. The summed E-state index contributed by atoms with van der Waals surface area (Å²) in [7, 11) is 0. The molecule has 0 aromatic carbocycles. The summed E-state index contributed by atoms with van der Waals surface area (Å²) >= 11 is 6.04. The molecular formula is C9H10ClN3. The van der Waals surface area contributed by atoms with Gasteiger partial charge in [-0.05, 0) is 24.6 Å². The molecule has 68 valence electrons. The zero-order chi connectivity index (χ0) is 9.26. The van der Waals surface area contributed by atoms with Crippen LogP contribution in [-0.2, 0) is 6.42 Å². The van der Waals surface area contributed by atoms with E-state index in [0.29, 0.717) is 6.54 Å². The van der Waals surface area contributed by atoms with E-state index in [1.807, 2.05) is 6.20 Å². The minimum absolute atomic E-state index is 0.623. The van der Waals surface area contributed by atoms with Gasteiger partial charge >= 0.3 is 0 Å². The summed E-state index contributed by atoms with van der Waals surface area (Å²) in [6, 6.07) is 1.79. The molecule has 0 fully saturated rings. The molecular weight excluding hydrogens is 186 g/mol. The van der Waals surface area contributed by atoms with Gasteiger partial charge in [-0.25, -0.2) is 4.98 Å². The van der Waals surface area contributed by atoms with Crippen molar-refractivity contribution in [2.75, 3.05) is 6.54 Å². The molecule has 0 aliphatic carbocycles. The fourth-order valence-electron chi connectivity index (χ4n) is 1.43. The molecule has 0 spiro atoms. The lowest BCUT2D eigenvalue weighted by atomic mass is 10.1. The average molecular weight is 196 g/mol. The first-order chi connectivity index (χ1) is 6.33. The Labute approximate surface area is 80.9 Å². The molecule has 0 amide bonds. The second-order valence-electron chi connectivity index (χ2n) is 2.87. The van der Waals surface area contributed by atoms with Gasteiger partial charge in [-0.3, -0.25) is 0 Å². The van der Waals surface area contributed by atoms with E-state index < -0.39 is 0 Å². The molecule has 0 saturated carbocycles. The van der Waals surface area contributed by atoms with Crippen molar-refractivity contribution in [2.24, 2.45) is 5.73 Å². The van der Waals surface area contributed by atoms with Gasteiger partial charge in [-0.1, -0.05) is 11.6 Å². The molecule has 4 heteroatoms. The first-order valence-electron chi connectivity index (χ1n) is 4.13. The highest BCUT2D eigenvalue weighted by atomic mass is 35.5. The Morgan fingerprint density at radius 3 is 3.15 bits per heavy atom. The van der Waals surface area contributed by atoms with Crippen molar-refractivity contribution < 1.29 is 0 Å². The van der Waals surface area contributed by atoms with Crippen LogP contribution >= 0.6 is 11.6 Å². The number of hydrogen-bond donors (Lipinski definition) is 2. The van der Waals surface area contributed by atoms with E-state index in [-0.39, 0.29) is 0 Å². The van der Waals surface area contributed by atoms with Gasteiger partial charge in [0.15, 0.2) is 0 Å². The third kappa shape index (κ3) is 1.41. The Bertz CT molecular complexity index is 422. The quantitative estimate of drug-likeness (QED) is 0.767. The average Bonchev–Trinajstić information content (AvgIpc) is 2.51. The van der Waals surface area contributed by atoms with Gasteiger partial charge in [0.1, 0.15) is 5.65 Å². The number of nitrogens with two attached hydrogens (primary N) is 1. The zero-order valence-electron chi connectivity index (χ0n) is 7.05. The van der Waals surface area contributed by atoms with Gasteiger partial charge in [0.2, 0.25) is 0 Å². The van der Waals surface area contributed by atoms with Crippen LogP contribution in [0.1, 0.15) is 5.56 Å². The Balaban J connectivity index is 2.64. The Kier molecular flexibility index (Phi) is 2.20. The van der Waals surface area contributed by atoms with Crippen molar-refractivity contribution >= 4 is 22.6 Å². The molecule has 3 N–H and O–H groups in total. The van der Waals surface area contributed by atoms with Crippen LogP contribution in [0.2, 0.25) is 5.02 Å². The van der Waals surface area contributed by atoms with Crippen LogP contribution in [0.4, 0.5) is 0 Å². The highest BCUT2D eigenvalue weighted by Crippen LogP contribution is 2.24. The van der Waals surface area contributed by atoms with Crippen LogP contribution in [0.15, 0.2) is 18.5 Å². The number of nitrogens with zero attached hydrogens (tertiary/aromatic N) is 1. The number of H-pyrrole nitrogens is 1. The molecule has 0 bridgehead atoms. The number of hydrogen-bond acceptors (Lipinski definition) is 2. The highest BCUT2D eigenvalue weighted by molar-refractivity contribution is 6.35. The van der Waals surface area contributed by atoms with E-state index >= 15 is 0 Å². The molecule has 2 aromatic heterocycles. The lowest BCUT2D eigenvalue weighted by molar-refractivity contribution is 0.976. The van der Waals surface area contributed by atoms with Gasteiger partial charge in [0.05, 0.1) is 5.02 Å². The Morgan fingerprint density at radius 2 is 2.38 bits per heavy atom. The third-order valence-corrected chi connectivity index (χ3v) is 2.33. The van der Waals surface area contributed by atoms with E-state index in [2.05, 4.69) is 9.97 Å². The SMILES string of the molecule is NCCc1c[nH]c2nccc(Cl)c12. The monoisotopic (exact) mass is 195 g/mol. The Hall–Kier alpha value is -1.06. The smallest absolute Gasteiger partial charge is 0.139 e. The minimum atomic E-state index is 0.623. The van der Waals surface area contributed by atoms with Gasteiger partial charge in [0, 0.05) is 17.8 Å². The number of nitrogens with one attached hydrogen (secondary N) is 1. The summed E-state index contributed by atoms with van der Waals surface area (Å²) in [5.41, 5.74) is 7.45. The number of aromatic amines is 1. The molecule has 13 heavy (non-hydrogen) atoms. The van der Waals surface area contributed by atoms with Crippen LogP contribution in [-0.4, -0.2) is 16.5 Å². The number of pyridine rings is 1. The van der Waals surface area contributed by atoms with Crippen molar-refractivity contribution in [1.29, 1.82) is 0 Å².